The predicted molar refractivity (Wildman–Crippen MR) is 329 cm³/mol. The number of hydrazine groups is 2. The van der Waals surface area contributed by atoms with Gasteiger partial charge in [-0.3, -0.25) is 58.0 Å². The highest BCUT2D eigenvalue weighted by Crippen LogP contribution is 2.53. The largest absolute Gasteiger partial charge is 0.393 e. The highest BCUT2D eigenvalue weighted by Gasteiger charge is 2.63. The smallest absolute Gasteiger partial charge is 0.259 e. The van der Waals surface area contributed by atoms with Gasteiger partial charge in [0.1, 0.15) is 65.8 Å². The minimum Gasteiger partial charge on any atom is -0.393 e. The van der Waals surface area contributed by atoms with Crippen LogP contribution in [-0.2, 0) is 59.1 Å². The van der Waals surface area contributed by atoms with Crippen molar-refractivity contribution in [2.24, 2.45) is 23.7 Å². The lowest BCUT2D eigenvalue weighted by molar-refractivity contribution is -0.146. The number of benzene rings is 2. The van der Waals surface area contributed by atoms with Crippen LogP contribution in [-0.4, -0.2) is 199 Å². The number of nitrogens with one attached hydrogen (secondary N) is 10. The first kappa shape index (κ1) is 68.4. The molecule has 2 aromatic rings. The van der Waals surface area contributed by atoms with Crippen LogP contribution in [0.2, 0.25) is 0 Å². The summed E-state index contributed by atoms with van der Waals surface area (Å²) in [5.41, 5.74) is 4.36. The molecule has 28 heteroatoms. The summed E-state index contributed by atoms with van der Waals surface area (Å²) in [5, 5.41) is 73.0. The van der Waals surface area contributed by atoms with Crippen molar-refractivity contribution in [2.45, 2.75) is 199 Å². The van der Waals surface area contributed by atoms with E-state index in [1.165, 1.54) is 28.8 Å². The highest BCUT2D eigenvalue weighted by atomic mass is 16.3. The van der Waals surface area contributed by atoms with Gasteiger partial charge in [-0.25, -0.2) is 10.9 Å². The average molecular weight is 1260 g/mol. The predicted octanol–water partition coefficient (Wildman–Crippen LogP) is -0.976. The number of anilines is 2. The third-order valence-corrected chi connectivity index (χ3v) is 17.9. The summed E-state index contributed by atoms with van der Waals surface area (Å²) in [4.78, 5) is 141. The molecule has 0 radical (unpaired) electrons. The first-order chi connectivity index (χ1) is 42.5. The quantitative estimate of drug-likeness (QED) is 0.0562. The minimum absolute atomic E-state index is 0.0861. The van der Waals surface area contributed by atoms with Crippen LogP contribution in [0.4, 0.5) is 11.4 Å². The van der Waals surface area contributed by atoms with E-state index < -0.39 is 145 Å². The summed E-state index contributed by atoms with van der Waals surface area (Å²) in [5.74, 6) is -7.33. The summed E-state index contributed by atoms with van der Waals surface area (Å²) in [7, 11) is 0. The van der Waals surface area contributed by atoms with Gasteiger partial charge in [0.05, 0.1) is 25.2 Å². The Labute approximate surface area is 524 Å². The Bertz CT molecular complexity index is 3040. The van der Waals surface area contributed by atoms with Gasteiger partial charge in [0.2, 0.25) is 47.8 Å². The van der Waals surface area contributed by atoms with Crippen LogP contribution < -0.4 is 53.4 Å². The lowest BCUT2D eigenvalue weighted by Gasteiger charge is -2.35. The van der Waals surface area contributed by atoms with E-state index >= 15 is 4.79 Å². The molecule has 0 saturated carbocycles. The molecule has 14 N–H and O–H groups in total. The Morgan fingerprint density at radius 2 is 1.09 bits per heavy atom. The molecule has 0 spiro atoms. The third kappa shape index (κ3) is 14.3. The van der Waals surface area contributed by atoms with Crippen LogP contribution >= 0.6 is 0 Å². The first-order valence-corrected chi connectivity index (χ1v) is 31.5. The minimum atomic E-state index is -2.08. The molecule has 8 rings (SSSR count). The monoisotopic (exact) mass is 1260 g/mol. The molecule has 6 aliphatic heterocycles. The highest BCUT2D eigenvalue weighted by molar-refractivity contribution is 5.98. The Balaban J connectivity index is 1.07. The number of nitrogens with zero attached hydrogens (tertiary/aromatic N) is 4. The van der Waals surface area contributed by atoms with Crippen LogP contribution in [0.5, 0.6) is 0 Å². The van der Waals surface area contributed by atoms with E-state index in [4.69, 9.17) is 0 Å². The number of aliphatic hydroxyl groups is 4. The molecule has 6 heterocycles. The molecule has 3 unspecified atom stereocenters. The van der Waals surface area contributed by atoms with Crippen molar-refractivity contribution in [3.8, 4) is 11.1 Å². The number of rotatable bonds is 24. The van der Waals surface area contributed by atoms with Gasteiger partial charge in [-0.15, -0.1) is 0 Å². The van der Waals surface area contributed by atoms with Crippen molar-refractivity contribution < 1.29 is 68.4 Å². The molecule has 0 aromatic heterocycles. The maximum atomic E-state index is 15.1. The van der Waals surface area contributed by atoms with E-state index in [2.05, 4.69) is 53.4 Å². The molecule has 0 bridgehead atoms. The van der Waals surface area contributed by atoms with E-state index in [1.54, 1.807) is 77.9 Å². The Hall–Kier alpha value is -7.50. The topological polar surface area (TPSA) is 385 Å². The fourth-order valence-electron chi connectivity index (χ4n) is 13.1. The molecule has 10 amide bonds. The van der Waals surface area contributed by atoms with E-state index in [-0.39, 0.29) is 48.0 Å². The number of hydrogen-bond donors (Lipinski definition) is 14. The summed E-state index contributed by atoms with van der Waals surface area (Å²) < 4.78 is 0. The van der Waals surface area contributed by atoms with E-state index in [0.717, 1.165) is 30.6 Å². The Morgan fingerprint density at radius 1 is 0.600 bits per heavy atom. The van der Waals surface area contributed by atoms with E-state index in [9.17, 15) is 63.6 Å². The maximum Gasteiger partial charge on any atom is 0.259 e. The number of fused-ring (bicyclic) bond motifs is 6. The molecule has 28 nitrogen and oxygen atoms in total. The Kier molecular flexibility index (Phi) is 21.5. The van der Waals surface area contributed by atoms with Crippen molar-refractivity contribution in [3.63, 3.8) is 0 Å². The number of amides is 10. The van der Waals surface area contributed by atoms with Gasteiger partial charge >= 0.3 is 0 Å². The third-order valence-electron chi connectivity index (χ3n) is 17.9. The van der Waals surface area contributed by atoms with E-state index in [1.807, 2.05) is 13.8 Å². The molecule has 4 saturated heterocycles. The fourth-order valence-corrected chi connectivity index (χ4v) is 13.1. The van der Waals surface area contributed by atoms with Crippen LogP contribution in [0.3, 0.4) is 0 Å². The number of carbonyl (C=O) groups excluding carboxylic acids is 10. The molecule has 13 atom stereocenters. The van der Waals surface area contributed by atoms with Crippen molar-refractivity contribution in [3.05, 3.63) is 47.5 Å². The Morgan fingerprint density at radius 3 is 1.54 bits per heavy atom. The summed E-state index contributed by atoms with van der Waals surface area (Å²) >= 11 is 0. The number of hydrogen-bond acceptors (Lipinski definition) is 18. The van der Waals surface area contributed by atoms with Crippen molar-refractivity contribution >= 4 is 70.9 Å². The second kappa shape index (κ2) is 28.3. The van der Waals surface area contributed by atoms with Crippen LogP contribution in [0.15, 0.2) is 36.4 Å². The molecular weight excluding hydrogens is 1160 g/mol. The van der Waals surface area contributed by atoms with Gasteiger partial charge in [0, 0.05) is 61.5 Å². The van der Waals surface area contributed by atoms with Gasteiger partial charge in [-0.1, -0.05) is 67.5 Å². The average Bonchev–Trinajstić information content (AvgIpc) is 1.57. The van der Waals surface area contributed by atoms with Gasteiger partial charge < -0.3 is 72.8 Å². The second-order valence-corrected chi connectivity index (χ2v) is 26.4. The zero-order chi connectivity index (χ0) is 65.8. The standard InChI is InChI=1S/C62H92N14O14/c1-31(2)23-43(64-30-77)52(82)72-51(36(10)79)58(88)76-44(53(83)63-29-46(80)69-49(33(5)6)56(86)73-21-13-11-19-65-73)27-62(90)40-26-38(16-18-42(40)68-60(62)76)37-15-17-41-39(25-37)61(89)28-45(75(59(61)67-41)47(81)24-35(9)78)54(84)70-48(32(3)4)55(85)71-50(34(7)8)57(87)74-22-14-12-20-66-74/h15-18,25-26,30-36,43-45,48-51,59-60,65-68,78-79,89-90H,11-14,19-24,27-29H2,1-10H3,(H,63,83)(H,64,77)(H,69,80)(H,70,84)(H,71,85)(H,72,82)/t35-,36-,43-,44-,45-,48?,49?,50?,51+,59-,60-,61+,62+/m0/s1. The number of aliphatic hydroxyl groups excluding tert-OH is 2. The van der Waals surface area contributed by atoms with Crippen molar-refractivity contribution in [1.82, 2.24) is 62.6 Å². The number of carbonyl (C=O) groups is 10. The molecular formula is C62H92N14O14. The fraction of sp³-hybridized carbons (Fsp3) is 0.645. The molecule has 90 heavy (non-hydrogen) atoms. The second-order valence-electron chi connectivity index (χ2n) is 26.4. The molecule has 6 aliphatic rings. The lowest BCUT2D eigenvalue weighted by atomic mass is 9.86. The van der Waals surface area contributed by atoms with Crippen molar-refractivity contribution in [2.75, 3.05) is 43.4 Å². The van der Waals surface area contributed by atoms with Crippen molar-refractivity contribution in [1.29, 1.82) is 0 Å². The normalized spacial score (nSPS) is 24.9. The van der Waals surface area contributed by atoms with Crippen LogP contribution in [0.1, 0.15) is 132 Å². The molecule has 0 aliphatic carbocycles. The zero-order valence-electron chi connectivity index (χ0n) is 53.1. The molecule has 494 valence electrons. The number of likely N-dealkylation sites (tertiary alicyclic amines) is 2. The zero-order valence-corrected chi connectivity index (χ0v) is 53.1. The first-order valence-electron chi connectivity index (χ1n) is 31.5. The molecule has 4 fully saturated rings. The van der Waals surface area contributed by atoms with Gasteiger partial charge in [-0.05, 0) is 105 Å². The van der Waals surface area contributed by atoms with Crippen LogP contribution in [0, 0.1) is 23.7 Å². The summed E-state index contributed by atoms with van der Waals surface area (Å²) in [6, 6.07) is 1.26. The van der Waals surface area contributed by atoms with Gasteiger partial charge in [-0.2, -0.15) is 0 Å². The lowest BCUT2D eigenvalue weighted by Crippen LogP contribution is -2.62. The molecule has 2 aromatic carbocycles. The van der Waals surface area contributed by atoms with E-state index in [0.29, 0.717) is 60.7 Å². The SMILES string of the molecule is CC(C)C[C@H](NC=O)C(=O)N[C@@H](C(=O)N1[C@H](C(=O)NCC(=O)NC(C(=O)N2CCCCN2)C(C)C)C[C@@]2(O)c3cc(-c4ccc5c(c4)[C@]4(O)C[C@@H](C(=O)NC(C(=O)NC(C(=O)N6CCCCN6)C(C)C)C(C)C)N(C(=O)C[C@H](C)O)[C@@H]4N5)ccc3N[C@@H]12)[C@H](C)O. The maximum absolute atomic E-state index is 15.1. The summed E-state index contributed by atoms with van der Waals surface area (Å²) in [6.45, 7) is 18.4. The summed E-state index contributed by atoms with van der Waals surface area (Å²) in [6.07, 6.45) is -2.74. The van der Waals surface area contributed by atoms with Gasteiger partial charge in [0.25, 0.3) is 11.8 Å². The van der Waals surface area contributed by atoms with Crippen LogP contribution in [0.25, 0.3) is 11.1 Å². The van der Waals surface area contributed by atoms with Gasteiger partial charge in [0.15, 0.2) is 0 Å².